The van der Waals surface area contributed by atoms with Crippen LogP contribution in [0.25, 0.3) is 0 Å². The largest absolute Gasteiger partial charge is 0.477 e. The summed E-state index contributed by atoms with van der Waals surface area (Å²) in [6.45, 7) is 2.65. The summed E-state index contributed by atoms with van der Waals surface area (Å²) in [6.07, 6.45) is 0. The SMILES string of the molecule is Cc1ccccc1CN(C)c1nc(C(=O)O)ccc1N. The Morgan fingerprint density at radius 1 is 1.30 bits per heavy atom. The molecule has 1 aromatic carbocycles. The van der Waals surface area contributed by atoms with Crippen molar-refractivity contribution in [1.82, 2.24) is 4.98 Å². The van der Waals surface area contributed by atoms with Crippen LogP contribution < -0.4 is 10.6 Å². The minimum absolute atomic E-state index is 0.00849. The zero-order chi connectivity index (χ0) is 14.7. The summed E-state index contributed by atoms with van der Waals surface area (Å²) in [5.41, 5.74) is 8.66. The van der Waals surface area contributed by atoms with E-state index in [1.54, 1.807) is 6.07 Å². The average Bonchev–Trinajstić information content (AvgIpc) is 2.41. The summed E-state index contributed by atoms with van der Waals surface area (Å²) in [6, 6.07) is 11.0. The molecule has 2 aromatic rings. The summed E-state index contributed by atoms with van der Waals surface area (Å²) < 4.78 is 0. The molecule has 0 spiro atoms. The first kappa shape index (κ1) is 13.9. The third-order valence-corrected chi connectivity index (χ3v) is 3.15. The number of nitrogens with two attached hydrogens (primary N) is 1. The number of aryl methyl sites for hydroxylation is 1. The first-order chi connectivity index (χ1) is 9.49. The number of anilines is 2. The molecule has 104 valence electrons. The van der Waals surface area contributed by atoms with Gasteiger partial charge in [-0.25, -0.2) is 9.78 Å². The predicted octanol–water partition coefficient (Wildman–Crippen LogP) is 2.31. The molecule has 0 amide bonds. The van der Waals surface area contributed by atoms with Gasteiger partial charge in [0.25, 0.3) is 0 Å². The molecule has 2 rings (SSSR count). The molecule has 0 saturated heterocycles. The molecule has 0 fully saturated rings. The number of pyridine rings is 1. The Morgan fingerprint density at radius 2 is 2.00 bits per heavy atom. The number of benzene rings is 1. The zero-order valence-corrected chi connectivity index (χ0v) is 11.5. The van der Waals surface area contributed by atoms with Gasteiger partial charge in [0.05, 0.1) is 5.69 Å². The number of rotatable bonds is 4. The van der Waals surface area contributed by atoms with E-state index in [9.17, 15) is 4.79 Å². The third-order valence-electron chi connectivity index (χ3n) is 3.15. The van der Waals surface area contributed by atoms with Crippen LogP contribution in [0.4, 0.5) is 11.5 Å². The number of carbonyl (C=O) groups is 1. The van der Waals surface area contributed by atoms with Gasteiger partial charge in [0.2, 0.25) is 0 Å². The number of nitrogen functional groups attached to an aromatic ring is 1. The summed E-state index contributed by atoms with van der Waals surface area (Å²) in [7, 11) is 1.84. The van der Waals surface area contributed by atoms with Crippen molar-refractivity contribution >= 4 is 17.5 Å². The van der Waals surface area contributed by atoms with E-state index < -0.39 is 5.97 Å². The molecule has 0 unspecified atom stereocenters. The third kappa shape index (κ3) is 2.88. The second kappa shape index (κ2) is 5.61. The normalized spacial score (nSPS) is 10.3. The van der Waals surface area contributed by atoms with E-state index in [0.29, 0.717) is 18.1 Å². The van der Waals surface area contributed by atoms with E-state index in [4.69, 9.17) is 10.8 Å². The van der Waals surface area contributed by atoms with Crippen LogP contribution in [0, 0.1) is 6.92 Å². The molecule has 0 saturated carbocycles. The maximum absolute atomic E-state index is 11.0. The van der Waals surface area contributed by atoms with Crippen LogP contribution in [-0.4, -0.2) is 23.1 Å². The number of hydrogen-bond donors (Lipinski definition) is 2. The molecular formula is C15H17N3O2. The van der Waals surface area contributed by atoms with E-state index in [1.807, 2.05) is 43.1 Å². The summed E-state index contributed by atoms with van der Waals surface area (Å²) in [5.74, 6) is -0.580. The van der Waals surface area contributed by atoms with Gasteiger partial charge < -0.3 is 15.7 Å². The van der Waals surface area contributed by atoms with Crippen LogP contribution in [0.5, 0.6) is 0 Å². The van der Waals surface area contributed by atoms with Crippen molar-refractivity contribution in [2.45, 2.75) is 13.5 Å². The molecule has 5 nitrogen and oxygen atoms in total. The molecule has 1 heterocycles. The van der Waals surface area contributed by atoms with E-state index >= 15 is 0 Å². The Hall–Kier alpha value is -2.56. The molecule has 0 aliphatic carbocycles. The van der Waals surface area contributed by atoms with Gasteiger partial charge in [-0.1, -0.05) is 24.3 Å². The standard InChI is InChI=1S/C15H17N3O2/c1-10-5-3-4-6-11(10)9-18(2)14-12(16)7-8-13(17-14)15(19)20/h3-8H,9,16H2,1-2H3,(H,19,20). The summed E-state index contributed by atoms with van der Waals surface area (Å²) in [4.78, 5) is 16.9. The Balaban J connectivity index is 2.29. The van der Waals surface area contributed by atoms with Gasteiger partial charge >= 0.3 is 5.97 Å². The fourth-order valence-corrected chi connectivity index (χ4v) is 2.00. The predicted molar refractivity (Wildman–Crippen MR) is 78.9 cm³/mol. The van der Waals surface area contributed by atoms with Gasteiger partial charge in [0, 0.05) is 13.6 Å². The Morgan fingerprint density at radius 3 is 2.65 bits per heavy atom. The van der Waals surface area contributed by atoms with Crippen molar-refractivity contribution in [3.8, 4) is 0 Å². The zero-order valence-electron chi connectivity index (χ0n) is 11.5. The lowest BCUT2D eigenvalue weighted by Crippen LogP contribution is -2.20. The second-order valence-corrected chi connectivity index (χ2v) is 4.70. The summed E-state index contributed by atoms with van der Waals surface area (Å²) >= 11 is 0. The first-order valence-corrected chi connectivity index (χ1v) is 6.24. The van der Waals surface area contributed by atoms with Crippen LogP contribution in [0.15, 0.2) is 36.4 Å². The average molecular weight is 271 g/mol. The number of carboxylic acid groups (broad SMARTS) is 1. The van der Waals surface area contributed by atoms with Gasteiger partial charge in [-0.3, -0.25) is 0 Å². The fraction of sp³-hybridized carbons (Fsp3) is 0.200. The second-order valence-electron chi connectivity index (χ2n) is 4.70. The lowest BCUT2D eigenvalue weighted by atomic mass is 10.1. The van der Waals surface area contributed by atoms with Gasteiger partial charge in [-0.2, -0.15) is 0 Å². The van der Waals surface area contributed by atoms with Crippen molar-refractivity contribution in [2.24, 2.45) is 0 Å². The summed E-state index contributed by atoms with van der Waals surface area (Å²) in [5, 5.41) is 8.99. The number of aromatic carboxylic acids is 1. The van der Waals surface area contributed by atoms with E-state index in [0.717, 1.165) is 5.56 Å². The van der Waals surface area contributed by atoms with Gasteiger partial charge in [-0.15, -0.1) is 0 Å². The Kier molecular flexibility index (Phi) is 3.89. The van der Waals surface area contributed by atoms with Crippen LogP contribution >= 0.6 is 0 Å². The lowest BCUT2D eigenvalue weighted by Gasteiger charge is -2.21. The monoisotopic (exact) mass is 271 g/mol. The maximum atomic E-state index is 11.0. The molecule has 3 N–H and O–H groups in total. The van der Waals surface area contributed by atoms with Crippen molar-refractivity contribution in [3.63, 3.8) is 0 Å². The smallest absolute Gasteiger partial charge is 0.354 e. The first-order valence-electron chi connectivity index (χ1n) is 6.24. The molecule has 0 atom stereocenters. The van der Waals surface area contributed by atoms with Crippen LogP contribution in [0.2, 0.25) is 0 Å². The van der Waals surface area contributed by atoms with E-state index in [2.05, 4.69) is 4.98 Å². The highest BCUT2D eigenvalue weighted by molar-refractivity contribution is 5.86. The van der Waals surface area contributed by atoms with Crippen molar-refractivity contribution < 1.29 is 9.90 Å². The minimum Gasteiger partial charge on any atom is -0.477 e. The fourth-order valence-electron chi connectivity index (χ4n) is 2.00. The van der Waals surface area contributed by atoms with Crippen molar-refractivity contribution in [2.75, 3.05) is 17.7 Å². The molecule has 0 aliphatic heterocycles. The topological polar surface area (TPSA) is 79.5 Å². The molecular weight excluding hydrogens is 254 g/mol. The number of hydrogen-bond acceptors (Lipinski definition) is 4. The number of aromatic nitrogens is 1. The minimum atomic E-state index is -1.06. The van der Waals surface area contributed by atoms with Crippen LogP contribution in [0.3, 0.4) is 0 Å². The van der Waals surface area contributed by atoms with Gasteiger partial charge in [-0.05, 0) is 30.2 Å². The van der Waals surface area contributed by atoms with Gasteiger partial charge in [0.15, 0.2) is 11.5 Å². The highest BCUT2D eigenvalue weighted by atomic mass is 16.4. The molecule has 0 aliphatic rings. The van der Waals surface area contributed by atoms with E-state index in [-0.39, 0.29) is 5.69 Å². The highest BCUT2D eigenvalue weighted by Crippen LogP contribution is 2.22. The molecule has 0 bridgehead atoms. The van der Waals surface area contributed by atoms with Gasteiger partial charge in [0.1, 0.15) is 0 Å². The quantitative estimate of drug-likeness (QED) is 0.892. The molecule has 1 aromatic heterocycles. The molecule has 0 radical (unpaired) electrons. The lowest BCUT2D eigenvalue weighted by molar-refractivity contribution is 0.0690. The number of nitrogens with zero attached hydrogens (tertiary/aromatic N) is 2. The van der Waals surface area contributed by atoms with Crippen LogP contribution in [0.1, 0.15) is 21.6 Å². The number of carboxylic acids is 1. The van der Waals surface area contributed by atoms with Crippen molar-refractivity contribution in [1.29, 1.82) is 0 Å². The van der Waals surface area contributed by atoms with E-state index in [1.165, 1.54) is 11.6 Å². The van der Waals surface area contributed by atoms with Crippen LogP contribution in [-0.2, 0) is 6.54 Å². The maximum Gasteiger partial charge on any atom is 0.354 e. The molecule has 20 heavy (non-hydrogen) atoms. The Bertz CT molecular complexity index is 641. The highest BCUT2D eigenvalue weighted by Gasteiger charge is 2.13. The Labute approximate surface area is 117 Å². The van der Waals surface area contributed by atoms with Crippen molar-refractivity contribution in [3.05, 3.63) is 53.2 Å². The molecule has 5 heteroatoms.